The van der Waals surface area contributed by atoms with E-state index in [1.165, 1.54) is 30.6 Å². The van der Waals surface area contributed by atoms with Crippen molar-refractivity contribution in [3.63, 3.8) is 0 Å². The number of hydrogen-bond acceptors (Lipinski definition) is 2. The first-order valence-corrected chi connectivity index (χ1v) is 8.43. The lowest BCUT2D eigenvalue weighted by Crippen LogP contribution is -2.45. The van der Waals surface area contributed by atoms with Crippen LogP contribution in [0.4, 0.5) is 0 Å². The van der Waals surface area contributed by atoms with E-state index in [2.05, 4.69) is 69.1 Å². The Morgan fingerprint density at radius 2 is 1.62 bits per heavy atom. The average Bonchev–Trinajstić information content (AvgIpc) is 2.45. The lowest BCUT2D eigenvalue weighted by Gasteiger charge is -2.36. The fourth-order valence-electron chi connectivity index (χ4n) is 3.14. The molecule has 2 heteroatoms. The van der Waals surface area contributed by atoms with Gasteiger partial charge in [-0.25, -0.2) is 0 Å². The van der Waals surface area contributed by atoms with Crippen molar-refractivity contribution in [2.24, 2.45) is 5.92 Å². The number of nitrogens with one attached hydrogen (secondary N) is 1. The van der Waals surface area contributed by atoms with Gasteiger partial charge >= 0.3 is 0 Å². The summed E-state index contributed by atoms with van der Waals surface area (Å²) in [7, 11) is 0. The maximum absolute atomic E-state index is 3.46. The normalized spacial score (nSPS) is 19.0. The molecule has 0 saturated carbocycles. The van der Waals surface area contributed by atoms with Crippen molar-refractivity contribution >= 4 is 0 Å². The summed E-state index contributed by atoms with van der Waals surface area (Å²) >= 11 is 0. The van der Waals surface area contributed by atoms with Crippen LogP contribution in [0.1, 0.15) is 58.2 Å². The Morgan fingerprint density at radius 1 is 1.05 bits per heavy atom. The standard InChI is InChI=1S/C19H32N2/c1-15(2)14-18(21-12-10-20-11-13-21)16-6-8-17(9-7-16)19(3,4)5/h6-9,15,18,20H,10-14H2,1-5H3/t18-/m0/s1. The first kappa shape index (κ1) is 16.5. The zero-order valence-electron chi connectivity index (χ0n) is 14.4. The summed E-state index contributed by atoms with van der Waals surface area (Å²) < 4.78 is 0. The quantitative estimate of drug-likeness (QED) is 0.901. The second-order valence-electron chi connectivity index (χ2n) is 7.80. The molecule has 1 aromatic carbocycles. The SMILES string of the molecule is CC(C)C[C@@H](c1ccc(C(C)(C)C)cc1)N1CCNCC1. The Balaban J connectivity index is 2.19. The monoisotopic (exact) mass is 288 g/mol. The fourth-order valence-corrected chi connectivity index (χ4v) is 3.14. The van der Waals surface area contributed by atoms with Crippen molar-refractivity contribution in [2.75, 3.05) is 26.2 Å². The van der Waals surface area contributed by atoms with Crippen molar-refractivity contribution in [1.29, 1.82) is 0 Å². The molecule has 0 amide bonds. The Labute approximate surface area is 130 Å². The Kier molecular flexibility index (Phi) is 5.45. The van der Waals surface area contributed by atoms with Crippen molar-refractivity contribution in [3.05, 3.63) is 35.4 Å². The second kappa shape index (κ2) is 6.93. The summed E-state index contributed by atoms with van der Waals surface area (Å²) in [4.78, 5) is 2.66. The van der Waals surface area contributed by atoms with Crippen LogP contribution in [0.15, 0.2) is 24.3 Å². The lowest BCUT2D eigenvalue weighted by atomic mass is 9.85. The van der Waals surface area contributed by atoms with Crippen molar-refractivity contribution < 1.29 is 0 Å². The smallest absolute Gasteiger partial charge is 0.0351 e. The molecule has 21 heavy (non-hydrogen) atoms. The van der Waals surface area contributed by atoms with Gasteiger partial charge in [0.25, 0.3) is 0 Å². The zero-order valence-corrected chi connectivity index (χ0v) is 14.4. The molecule has 1 N–H and O–H groups in total. The largest absolute Gasteiger partial charge is 0.314 e. The molecule has 1 aliphatic heterocycles. The number of nitrogens with zero attached hydrogens (tertiary/aromatic N) is 1. The molecule has 0 unspecified atom stereocenters. The minimum atomic E-state index is 0.237. The number of piperazine rings is 1. The van der Waals surface area contributed by atoms with Gasteiger partial charge in [-0.15, -0.1) is 0 Å². The van der Waals surface area contributed by atoms with Crippen LogP contribution < -0.4 is 5.32 Å². The molecule has 2 nitrogen and oxygen atoms in total. The van der Waals surface area contributed by atoms with E-state index in [9.17, 15) is 0 Å². The van der Waals surface area contributed by atoms with Crippen LogP contribution in [0.3, 0.4) is 0 Å². The van der Waals surface area contributed by atoms with E-state index in [1.807, 2.05) is 0 Å². The van der Waals surface area contributed by atoms with Crippen LogP contribution in [-0.2, 0) is 5.41 Å². The fraction of sp³-hybridized carbons (Fsp3) is 0.684. The van der Waals surface area contributed by atoms with Gasteiger partial charge in [-0.3, -0.25) is 4.90 Å². The third kappa shape index (κ3) is 4.55. The molecule has 1 saturated heterocycles. The first-order valence-electron chi connectivity index (χ1n) is 8.43. The molecule has 1 atom stereocenters. The summed E-state index contributed by atoms with van der Waals surface area (Å²) in [5.74, 6) is 0.729. The lowest BCUT2D eigenvalue weighted by molar-refractivity contribution is 0.154. The predicted octanol–water partition coefficient (Wildman–Crippen LogP) is 3.98. The molecule has 0 spiro atoms. The van der Waals surface area contributed by atoms with Gasteiger partial charge in [0, 0.05) is 32.2 Å². The maximum atomic E-state index is 3.46. The predicted molar refractivity (Wildman–Crippen MR) is 91.8 cm³/mol. The highest BCUT2D eigenvalue weighted by Crippen LogP contribution is 2.30. The van der Waals surface area contributed by atoms with Crippen molar-refractivity contribution in [2.45, 2.75) is 52.5 Å². The van der Waals surface area contributed by atoms with Crippen LogP contribution in [0.25, 0.3) is 0 Å². The van der Waals surface area contributed by atoms with E-state index in [-0.39, 0.29) is 5.41 Å². The van der Waals surface area contributed by atoms with Crippen molar-refractivity contribution in [3.8, 4) is 0 Å². The van der Waals surface area contributed by atoms with Crippen LogP contribution in [-0.4, -0.2) is 31.1 Å². The summed E-state index contributed by atoms with van der Waals surface area (Å²) in [6.07, 6.45) is 1.24. The highest BCUT2D eigenvalue weighted by atomic mass is 15.2. The van der Waals surface area contributed by atoms with E-state index >= 15 is 0 Å². The van der Waals surface area contributed by atoms with E-state index in [4.69, 9.17) is 0 Å². The molecule has 1 aliphatic rings. The van der Waals surface area contributed by atoms with E-state index in [0.29, 0.717) is 6.04 Å². The first-order chi connectivity index (χ1) is 9.88. The summed E-state index contributed by atoms with van der Waals surface area (Å²) in [6, 6.07) is 9.93. The molecule has 0 radical (unpaired) electrons. The van der Waals surface area contributed by atoms with Crippen LogP contribution in [0.5, 0.6) is 0 Å². The van der Waals surface area contributed by atoms with Gasteiger partial charge in [-0.2, -0.15) is 0 Å². The molecular weight excluding hydrogens is 256 g/mol. The van der Waals surface area contributed by atoms with Crippen molar-refractivity contribution in [1.82, 2.24) is 10.2 Å². The molecule has 0 bridgehead atoms. The summed E-state index contributed by atoms with van der Waals surface area (Å²) in [5.41, 5.74) is 3.15. The second-order valence-corrected chi connectivity index (χ2v) is 7.80. The number of benzene rings is 1. The highest BCUT2D eigenvalue weighted by molar-refractivity contribution is 5.29. The van der Waals surface area contributed by atoms with Crippen LogP contribution in [0, 0.1) is 5.92 Å². The molecule has 2 rings (SSSR count). The maximum Gasteiger partial charge on any atom is 0.0351 e. The van der Waals surface area contributed by atoms with Gasteiger partial charge in [0.05, 0.1) is 0 Å². The van der Waals surface area contributed by atoms with Crippen LogP contribution in [0.2, 0.25) is 0 Å². The van der Waals surface area contributed by atoms with E-state index in [0.717, 1.165) is 19.0 Å². The third-order valence-electron chi connectivity index (χ3n) is 4.45. The van der Waals surface area contributed by atoms with Crippen LogP contribution >= 0.6 is 0 Å². The Morgan fingerprint density at radius 3 is 2.10 bits per heavy atom. The third-order valence-corrected chi connectivity index (χ3v) is 4.45. The molecule has 0 aliphatic carbocycles. The van der Waals surface area contributed by atoms with Gasteiger partial charge in [0.1, 0.15) is 0 Å². The minimum Gasteiger partial charge on any atom is -0.314 e. The van der Waals surface area contributed by atoms with Gasteiger partial charge in [-0.05, 0) is 28.9 Å². The average molecular weight is 288 g/mol. The Hall–Kier alpha value is -0.860. The van der Waals surface area contributed by atoms with Gasteiger partial charge in [-0.1, -0.05) is 58.9 Å². The summed E-state index contributed by atoms with van der Waals surface area (Å²) in [6.45, 7) is 16.1. The summed E-state index contributed by atoms with van der Waals surface area (Å²) in [5, 5.41) is 3.46. The van der Waals surface area contributed by atoms with E-state index < -0.39 is 0 Å². The highest BCUT2D eigenvalue weighted by Gasteiger charge is 2.23. The molecule has 1 heterocycles. The minimum absolute atomic E-state index is 0.237. The van der Waals surface area contributed by atoms with Gasteiger partial charge < -0.3 is 5.32 Å². The molecule has 1 fully saturated rings. The number of hydrogen-bond donors (Lipinski definition) is 1. The van der Waals surface area contributed by atoms with Gasteiger partial charge in [0.2, 0.25) is 0 Å². The molecule has 0 aromatic heterocycles. The molecular formula is C19H32N2. The van der Waals surface area contributed by atoms with E-state index in [1.54, 1.807) is 0 Å². The molecule has 1 aromatic rings. The number of rotatable bonds is 4. The molecule has 118 valence electrons. The topological polar surface area (TPSA) is 15.3 Å². The van der Waals surface area contributed by atoms with Gasteiger partial charge in [0.15, 0.2) is 0 Å². The zero-order chi connectivity index (χ0) is 15.5. The Bertz CT molecular complexity index is 422.